The van der Waals surface area contributed by atoms with Crippen LogP contribution in [0.1, 0.15) is 35.4 Å². The normalized spacial score (nSPS) is 25.6. The second-order valence-corrected chi connectivity index (χ2v) is 6.42. The van der Waals surface area contributed by atoms with E-state index in [0.717, 1.165) is 43.7 Å². The molecule has 0 bridgehead atoms. The molecule has 0 aromatic carbocycles. The van der Waals surface area contributed by atoms with Crippen molar-refractivity contribution in [1.82, 2.24) is 24.8 Å². The van der Waals surface area contributed by atoms with Crippen molar-refractivity contribution in [2.24, 2.45) is 0 Å². The minimum atomic E-state index is 0.110. The summed E-state index contributed by atoms with van der Waals surface area (Å²) in [6, 6.07) is 2.67. The molecule has 6 nitrogen and oxygen atoms in total. The highest BCUT2D eigenvalue weighted by Crippen LogP contribution is 2.31. The molecule has 0 radical (unpaired) electrons. The monoisotopic (exact) mass is 299 g/mol. The SMILES string of the molecule is Cc1nc2nccc(C(=O)N3CCC4C3CCCN4C)c2[nH]1. The van der Waals surface area contributed by atoms with Gasteiger partial charge < -0.3 is 14.8 Å². The molecule has 4 rings (SSSR count). The third kappa shape index (κ3) is 2.01. The second-order valence-electron chi connectivity index (χ2n) is 6.42. The zero-order valence-electron chi connectivity index (χ0n) is 13.0. The number of imidazole rings is 1. The predicted octanol–water partition coefficient (Wildman–Crippen LogP) is 1.58. The molecule has 0 saturated carbocycles. The van der Waals surface area contributed by atoms with Crippen LogP contribution in [0.4, 0.5) is 0 Å². The molecule has 1 amide bonds. The summed E-state index contributed by atoms with van der Waals surface area (Å²) in [7, 11) is 2.17. The van der Waals surface area contributed by atoms with Gasteiger partial charge in [-0.25, -0.2) is 9.97 Å². The fraction of sp³-hybridized carbons (Fsp3) is 0.562. The molecule has 2 aliphatic rings. The first kappa shape index (κ1) is 13.7. The highest BCUT2D eigenvalue weighted by Gasteiger charge is 2.41. The van der Waals surface area contributed by atoms with E-state index >= 15 is 0 Å². The minimum Gasteiger partial charge on any atom is -0.340 e. The van der Waals surface area contributed by atoms with Crippen LogP contribution in [0.2, 0.25) is 0 Å². The van der Waals surface area contributed by atoms with E-state index in [-0.39, 0.29) is 5.91 Å². The summed E-state index contributed by atoms with van der Waals surface area (Å²) < 4.78 is 0. The first-order chi connectivity index (χ1) is 10.6. The maximum atomic E-state index is 13.1. The summed E-state index contributed by atoms with van der Waals surface area (Å²) in [6.45, 7) is 3.87. The van der Waals surface area contributed by atoms with Crippen LogP contribution in [0.5, 0.6) is 0 Å². The molecule has 6 heteroatoms. The molecule has 4 heterocycles. The van der Waals surface area contributed by atoms with Gasteiger partial charge in [-0.3, -0.25) is 4.79 Å². The average molecular weight is 299 g/mol. The molecular weight excluding hydrogens is 278 g/mol. The summed E-state index contributed by atoms with van der Waals surface area (Å²) in [4.78, 5) is 29.3. The molecule has 2 unspecified atom stereocenters. The van der Waals surface area contributed by atoms with Crippen LogP contribution in [0.15, 0.2) is 12.3 Å². The van der Waals surface area contributed by atoms with Crippen molar-refractivity contribution in [2.45, 2.75) is 38.3 Å². The summed E-state index contributed by atoms with van der Waals surface area (Å²) in [5.74, 6) is 0.901. The number of hydrogen-bond acceptors (Lipinski definition) is 4. The number of carbonyl (C=O) groups is 1. The van der Waals surface area contributed by atoms with Crippen LogP contribution in [-0.4, -0.2) is 62.9 Å². The Morgan fingerprint density at radius 1 is 1.32 bits per heavy atom. The van der Waals surface area contributed by atoms with Crippen molar-refractivity contribution in [3.63, 3.8) is 0 Å². The second kappa shape index (κ2) is 5.05. The van der Waals surface area contributed by atoms with Gasteiger partial charge in [0.25, 0.3) is 5.91 Å². The van der Waals surface area contributed by atoms with Crippen LogP contribution in [0.25, 0.3) is 11.2 Å². The van der Waals surface area contributed by atoms with E-state index in [2.05, 4.69) is 31.8 Å². The van der Waals surface area contributed by atoms with Gasteiger partial charge in [0.2, 0.25) is 0 Å². The summed E-state index contributed by atoms with van der Waals surface area (Å²) in [5, 5.41) is 0. The maximum Gasteiger partial charge on any atom is 0.256 e. The van der Waals surface area contributed by atoms with E-state index in [0.29, 0.717) is 23.3 Å². The lowest BCUT2D eigenvalue weighted by Crippen LogP contribution is -2.49. The quantitative estimate of drug-likeness (QED) is 0.868. The molecule has 1 N–H and O–H groups in total. The van der Waals surface area contributed by atoms with E-state index < -0.39 is 0 Å². The zero-order valence-corrected chi connectivity index (χ0v) is 13.0. The van der Waals surface area contributed by atoms with Crippen LogP contribution in [0.3, 0.4) is 0 Å². The molecule has 22 heavy (non-hydrogen) atoms. The largest absolute Gasteiger partial charge is 0.340 e. The average Bonchev–Trinajstić information content (AvgIpc) is 3.09. The first-order valence-electron chi connectivity index (χ1n) is 7.97. The molecule has 0 spiro atoms. The van der Waals surface area contributed by atoms with Crippen molar-refractivity contribution < 1.29 is 4.79 Å². The Kier molecular flexibility index (Phi) is 3.14. The highest BCUT2D eigenvalue weighted by atomic mass is 16.2. The Bertz CT molecular complexity index is 724. The van der Waals surface area contributed by atoms with Gasteiger partial charge in [0, 0.05) is 24.8 Å². The maximum absolute atomic E-state index is 13.1. The van der Waals surface area contributed by atoms with Gasteiger partial charge in [0.1, 0.15) is 5.82 Å². The van der Waals surface area contributed by atoms with Gasteiger partial charge in [-0.2, -0.15) is 0 Å². The van der Waals surface area contributed by atoms with Crippen LogP contribution < -0.4 is 0 Å². The lowest BCUT2D eigenvalue weighted by Gasteiger charge is -2.37. The fourth-order valence-electron chi connectivity index (χ4n) is 4.03. The van der Waals surface area contributed by atoms with E-state index in [1.165, 1.54) is 0 Å². The lowest BCUT2D eigenvalue weighted by molar-refractivity contribution is 0.0633. The fourth-order valence-corrected chi connectivity index (χ4v) is 4.03. The van der Waals surface area contributed by atoms with Crippen LogP contribution in [0, 0.1) is 6.92 Å². The van der Waals surface area contributed by atoms with Crippen LogP contribution >= 0.6 is 0 Å². The molecule has 2 aromatic heterocycles. The molecule has 2 aliphatic heterocycles. The van der Waals surface area contributed by atoms with Gasteiger partial charge in [0.05, 0.1) is 11.1 Å². The van der Waals surface area contributed by atoms with Gasteiger partial charge >= 0.3 is 0 Å². The summed E-state index contributed by atoms with van der Waals surface area (Å²) in [6.07, 6.45) is 5.02. The van der Waals surface area contributed by atoms with Gasteiger partial charge in [0.15, 0.2) is 5.65 Å². The zero-order chi connectivity index (χ0) is 15.3. The van der Waals surface area contributed by atoms with Gasteiger partial charge in [-0.1, -0.05) is 0 Å². The molecule has 116 valence electrons. The van der Waals surface area contributed by atoms with E-state index in [4.69, 9.17) is 0 Å². The predicted molar refractivity (Wildman–Crippen MR) is 83.7 cm³/mol. The number of hydrogen-bond donors (Lipinski definition) is 1. The topological polar surface area (TPSA) is 65.1 Å². The molecule has 2 fully saturated rings. The number of amides is 1. The Labute approximate surface area is 129 Å². The van der Waals surface area contributed by atoms with E-state index in [1.54, 1.807) is 6.20 Å². The third-order valence-corrected chi connectivity index (χ3v) is 5.09. The molecular formula is C16H21N5O. The van der Waals surface area contributed by atoms with Crippen molar-refractivity contribution in [3.8, 4) is 0 Å². The highest BCUT2D eigenvalue weighted by molar-refractivity contribution is 6.04. The standard InChI is InChI=1S/C16H21N5O/c1-10-18-14-11(5-7-17-15(14)19-10)16(22)21-9-6-12-13(21)4-3-8-20(12)2/h5,7,12-13H,3-4,6,8-9H2,1-2H3,(H,17,18,19). The smallest absolute Gasteiger partial charge is 0.256 e. The number of fused-ring (bicyclic) bond motifs is 2. The van der Waals surface area contributed by atoms with E-state index in [1.807, 2.05) is 13.0 Å². The van der Waals surface area contributed by atoms with Crippen molar-refractivity contribution in [2.75, 3.05) is 20.1 Å². The van der Waals surface area contributed by atoms with E-state index in [9.17, 15) is 4.79 Å². The van der Waals surface area contributed by atoms with Gasteiger partial charge in [-0.05, 0) is 45.8 Å². The summed E-state index contributed by atoms with van der Waals surface area (Å²) >= 11 is 0. The molecule has 0 aliphatic carbocycles. The number of rotatable bonds is 1. The summed E-state index contributed by atoms with van der Waals surface area (Å²) in [5.41, 5.74) is 2.08. The number of H-pyrrole nitrogens is 1. The minimum absolute atomic E-state index is 0.110. The first-order valence-corrected chi connectivity index (χ1v) is 7.97. The number of piperidine rings is 1. The Morgan fingerprint density at radius 3 is 3.05 bits per heavy atom. The molecule has 2 atom stereocenters. The Hall–Kier alpha value is -1.95. The number of nitrogens with zero attached hydrogens (tertiary/aromatic N) is 4. The number of likely N-dealkylation sites (N-methyl/N-ethyl adjacent to an activating group) is 1. The number of likely N-dealkylation sites (tertiary alicyclic amines) is 2. The number of aryl methyl sites for hydroxylation is 1. The van der Waals surface area contributed by atoms with Gasteiger partial charge in [-0.15, -0.1) is 0 Å². The van der Waals surface area contributed by atoms with Crippen molar-refractivity contribution in [1.29, 1.82) is 0 Å². The lowest BCUT2D eigenvalue weighted by atomic mass is 9.97. The molecule has 2 aromatic rings. The number of nitrogens with one attached hydrogen (secondary N) is 1. The van der Waals surface area contributed by atoms with Crippen molar-refractivity contribution >= 4 is 17.1 Å². The Morgan fingerprint density at radius 2 is 2.18 bits per heavy atom. The number of aromatic amines is 1. The Balaban J connectivity index is 1.69. The number of pyridine rings is 1. The number of aromatic nitrogens is 3. The third-order valence-electron chi connectivity index (χ3n) is 5.09. The van der Waals surface area contributed by atoms with Crippen molar-refractivity contribution in [3.05, 3.63) is 23.7 Å². The molecule has 2 saturated heterocycles. The van der Waals surface area contributed by atoms with Crippen LogP contribution in [-0.2, 0) is 0 Å². The number of carbonyl (C=O) groups excluding carboxylic acids is 1.